The van der Waals surface area contributed by atoms with Crippen molar-refractivity contribution in [2.45, 2.75) is 59.1 Å². The molecular weight excluding hydrogens is 264 g/mol. The van der Waals surface area contributed by atoms with Gasteiger partial charge >= 0.3 is 0 Å². The van der Waals surface area contributed by atoms with E-state index in [9.17, 15) is 10.2 Å². The van der Waals surface area contributed by atoms with Gasteiger partial charge in [0.15, 0.2) is 0 Å². The van der Waals surface area contributed by atoms with E-state index in [0.29, 0.717) is 17.8 Å². The molecule has 1 saturated carbocycles. The van der Waals surface area contributed by atoms with Crippen LogP contribution in [0.2, 0.25) is 0 Å². The summed E-state index contributed by atoms with van der Waals surface area (Å²) in [6.07, 6.45) is 8.27. The molecule has 1 fully saturated rings. The molecule has 118 valence electrons. The Morgan fingerprint density at radius 1 is 1.24 bits per heavy atom. The van der Waals surface area contributed by atoms with Gasteiger partial charge in [0.05, 0.1) is 12.3 Å². The molecule has 0 saturated heterocycles. The lowest BCUT2D eigenvalue weighted by Gasteiger charge is -2.28. The summed E-state index contributed by atoms with van der Waals surface area (Å²) in [5.74, 6) is 1.88. The van der Waals surface area contributed by atoms with Crippen LogP contribution in [0, 0.1) is 18.8 Å². The van der Waals surface area contributed by atoms with E-state index in [4.69, 9.17) is 0 Å². The highest BCUT2D eigenvalue weighted by atomic mass is 16.3. The van der Waals surface area contributed by atoms with Crippen LogP contribution in [0.25, 0.3) is 0 Å². The van der Waals surface area contributed by atoms with Crippen LogP contribution in [0.3, 0.4) is 0 Å². The van der Waals surface area contributed by atoms with Gasteiger partial charge in [-0.15, -0.1) is 0 Å². The van der Waals surface area contributed by atoms with E-state index < -0.39 is 0 Å². The lowest BCUT2D eigenvalue weighted by Crippen LogP contribution is -2.26. The van der Waals surface area contributed by atoms with Gasteiger partial charge in [0.25, 0.3) is 0 Å². The summed E-state index contributed by atoms with van der Waals surface area (Å²) >= 11 is 0. The van der Waals surface area contributed by atoms with Gasteiger partial charge in [-0.05, 0) is 38.1 Å². The number of aliphatic hydroxyl groups is 1. The summed E-state index contributed by atoms with van der Waals surface area (Å²) in [4.78, 5) is 4.09. The van der Waals surface area contributed by atoms with Crippen molar-refractivity contribution in [2.75, 3.05) is 6.54 Å². The minimum Gasteiger partial charge on any atom is -0.506 e. The van der Waals surface area contributed by atoms with Crippen LogP contribution >= 0.6 is 0 Å². The topological polar surface area (TPSA) is 65.4 Å². The van der Waals surface area contributed by atoms with Crippen molar-refractivity contribution in [3.8, 4) is 5.75 Å². The summed E-state index contributed by atoms with van der Waals surface area (Å²) in [6.45, 7) is 5.57. The Kier molecular flexibility index (Phi) is 6.00. The molecule has 1 aromatic heterocycles. The average Bonchev–Trinajstić information content (AvgIpc) is 2.52. The van der Waals surface area contributed by atoms with Crippen molar-refractivity contribution in [3.05, 3.63) is 23.0 Å². The summed E-state index contributed by atoms with van der Waals surface area (Å²) in [6, 6.07) is 0. The van der Waals surface area contributed by atoms with Gasteiger partial charge in [-0.1, -0.05) is 26.2 Å². The molecular formula is C17H28N2O2. The van der Waals surface area contributed by atoms with E-state index in [-0.39, 0.29) is 12.4 Å². The molecule has 4 nitrogen and oxygen atoms in total. The average molecular weight is 292 g/mol. The highest BCUT2D eigenvalue weighted by Gasteiger charge is 2.20. The molecule has 0 spiro atoms. The highest BCUT2D eigenvalue weighted by Crippen LogP contribution is 2.30. The van der Waals surface area contributed by atoms with Gasteiger partial charge in [-0.25, -0.2) is 0 Å². The molecule has 1 aliphatic rings. The highest BCUT2D eigenvalue weighted by molar-refractivity contribution is 5.40. The molecule has 0 unspecified atom stereocenters. The first kappa shape index (κ1) is 16.2. The second-order valence-electron chi connectivity index (χ2n) is 6.28. The van der Waals surface area contributed by atoms with Crippen molar-refractivity contribution in [2.24, 2.45) is 11.8 Å². The predicted octanol–water partition coefficient (Wildman–Crippen LogP) is 2.89. The van der Waals surface area contributed by atoms with Crippen molar-refractivity contribution in [1.82, 2.24) is 10.3 Å². The molecule has 2 rings (SSSR count). The first-order valence-corrected chi connectivity index (χ1v) is 8.13. The number of aromatic hydroxyl groups is 1. The van der Waals surface area contributed by atoms with E-state index in [1.54, 1.807) is 13.1 Å². The number of aliphatic hydroxyl groups excluding tert-OH is 1. The van der Waals surface area contributed by atoms with Crippen LogP contribution in [-0.4, -0.2) is 21.7 Å². The minimum atomic E-state index is -0.0839. The van der Waals surface area contributed by atoms with Gasteiger partial charge in [0, 0.05) is 23.9 Å². The number of pyridine rings is 1. The SMILES string of the molecule is CCC1CCC(CNCc2c(CO)cnc(C)c2O)CC1. The third-order valence-electron chi connectivity index (χ3n) is 4.88. The van der Waals surface area contributed by atoms with Crippen LogP contribution in [-0.2, 0) is 13.2 Å². The Morgan fingerprint density at radius 3 is 2.52 bits per heavy atom. The maximum Gasteiger partial charge on any atom is 0.141 e. The number of hydrogen-bond donors (Lipinski definition) is 3. The quantitative estimate of drug-likeness (QED) is 0.754. The van der Waals surface area contributed by atoms with Crippen LogP contribution in [0.1, 0.15) is 55.8 Å². The lowest BCUT2D eigenvalue weighted by atomic mass is 9.81. The number of hydrogen-bond acceptors (Lipinski definition) is 4. The molecule has 1 aliphatic carbocycles. The van der Waals surface area contributed by atoms with E-state index in [2.05, 4.69) is 17.2 Å². The summed E-state index contributed by atoms with van der Waals surface area (Å²) in [7, 11) is 0. The molecule has 21 heavy (non-hydrogen) atoms. The monoisotopic (exact) mass is 292 g/mol. The van der Waals surface area contributed by atoms with Crippen LogP contribution in [0.15, 0.2) is 6.20 Å². The Balaban J connectivity index is 1.85. The third kappa shape index (κ3) is 4.17. The number of aryl methyl sites for hydroxylation is 1. The lowest BCUT2D eigenvalue weighted by molar-refractivity contribution is 0.261. The summed E-state index contributed by atoms with van der Waals surface area (Å²) < 4.78 is 0. The second kappa shape index (κ2) is 7.76. The second-order valence-corrected chi connectivity index (χ2v) is 6.28. The Labute approximate surface area is 127 Å². The number of aromatic nitrogens is 1. The minimum absolute atomic E-state index is 0.0839. The molecule has 0 bridgehead atoms. The van der Waals surface area contributed by atoms with Gasteiger partial charge < -0.3 is 15.5 Å². The van der Waals surface area contributed by atoms with Crippen molar-refractivity contribution in [1.29, 1.82) is 0 Å². The zero-order chi connectivity index (χ0) is 15.2. The first-order valence-electron chi connectivity index (χ1n) is 8.13. The first-order chi connectivity index (χ1) is 10.2. The van der Waals surface area contributed by atoms with Gasteiger partial charge in [-0.2, -0.15) is 0 Å². The molecule has 1 heterocycles. The molecule has 0 aliphatic heterocycles. The summed E-state index contributed by atoms with van der Waals surface area (Å²) in [5.41, 5.74) is 2.11. The Morgan fingerprint density at radius 2 is 1.90 bits per heavy atom. The smallest absolute Gasteiger partial charge is 0.141 e. The van der Waals surface area contributed by atoms with Gasteiger partial charge in [0.2, 0.25) is 0 Å². The summed E-state index contributed by atoms with van der Waals surface area (Å²) in [5, 5.41) is 22.9. The van der Waals surface area contributed by atoms with Crippen molar-refractivity contribution >= 4 is 0 Å². The zero-order valence-electron chi connectivity index (χ0n) is 13.2. The predicted molar refractivity (Wildman–Crippen MR) is 84.0 cm³/mol. The van der Waals surface area contributed by atoms with Crippen LogP contribution in [0.4, 0.5) is 0 Å². The van der Waals surface area contributed by atoms with E-state index in [1.165, 1.54) is 32.1 Å². The largest absolute Gasteiger partial charge is 0.506 e. The van der Waals surface area contributed by atoms with Crippen LogP contribution in [0.5, 0.6) is 5.75 Å². The van der Waals surface area contributed by atoms with Gasteiger partial charge in [0.1, 0.15) is 5.75 Å². The van der Waals surface area contributed by atoms with E-state index in [1.807, 2.05) is 0 Å². The molecule has 0 amide bonds. The maximum absolute atomic E-state index is 10.1. The Bertz CT molecular complexity index is 454. The fraction of sp³-hybridized carbons (Fsp3) is 0.706. The van der Waals surface area contributed by atoms with Crippen LogP contribution < -0.4 is 5.32 Å². The number of nitrogens with zero attached hydrogens (tertiary/aromatic N) is 1. The molecule has 0 atom stereocenters. The fourth-order valence-corrected chi connectivity index (χ4v) is 3.26. The normalized spacial score (nSPS) is 22.4. The van der Waals surface area contributed by atoms with Crippen molar-refractivity contribution in [3.63, 3.8) is 0 Å². The molecule has 0 aromatic carbocycles. The van der Waals surface area contributed by atoms with Gasteiger partial charge in [-0.3, -0.25) is 4.98 Å². The van der Waals surface area contributed by atoms with E-state index >= 15 is 0 Å². The third-order valence-corrected chi connectivity index (χ3v) is 4.88. The van der Waals surface area contributed by atoms with E-state index in [0.717, 1.165) is 23.9 Å². The Hall–Kier alpha value is -1.13. The number of nitrogens with one attached hydrogen (secondary N) is 1. The standard InChI is InChI=1S/C17H28N2O2/c1-3-13-4-6-14(7-5-13)8-18-10-16-15(11-20)9-19-12(2)17(16)21/h9,13-14,18,20-21H,3-8,10-11H2,1-2H3. The number of rotatable bonds is 6. The molecule has 4 heteroatoms. The molecule has 0 radical (unpaired) electrons. The fourth-order valence-electron chi connectivity index (χ4n) is 3.26. The van der Waals surface area contributed by atoms with Crippen molar-refractivity contribution < 1.29 is 10.2 Å². The zero-order valence-corrected chi connectivity index (χ0v) is 13.2. The maximum atomic E-state index is 10.1. The molecule has 1 aromatic rings. The molecule has 3 N–H and O–H groups in total.